The van der Waals surface area contributed by atoms with Gasteiger partial charge in [-0.3, -0.25) is 19.4 Å². The Bertz CT molecular complexity index is 1240. The summed E-state index contributed by atoms with van der Waals surface area (Å²) in [5.41, 5.74) is 6.73. The zero-order valence-corrected chi connectivity index (χ0v) is 25.5. The van der Waals surface area contributed by atoms with Gasteiger partial charge in [0.25, 0.3) is 11.5 Å². The Morgan fingerprint density at radius 2 is 2.05 bits per heavy atom. The van der Waals surface area contributed by atoms with Crippen LogP contribution < -0.4 is 26.2 Å². The van der Waals surface area contributed by atoms with E-state index in [1.807, 2.05) is 23.3 Å². The Hall–Kier alpha value is -3.00. The molecule has 4 rings (SSSR count). The first kappa shape index (κ1) is 31.9. The summed E-state index contributed by atoms with van der Waals surface area (Å²) in [7, 11) is 0. The minimum atomic E-state index is -0.509. The van der Waals surface area contributed by atoms with E-state index in [1.54, 1.807) is 17.8 Å². The molecule has 2 fully saturated rings. The van der Waals surface area contributed by atoms with Crippen LogP contribution in [0, 0.1) is 0 Å². The summed E-state index contributed by atoms with van der Waals surface area (Å²) < 4.78 is 5.76. The van der Waals surface area contributed by atoms with Crippen LogP contribution in [-0.2, 0) is 6.54 Å². The van der Waals surface area contributed by atoms with E-state index in [0.29, 0.717) is 37.9 Å². The van der Waals surface area contributed by atoms with Crippen LogP contribution in [0.25, 0.3) is 0 Å². The summed E-state index contributed by atoms with van der Waals surface area (Å²) >= 11 is 1.71. The molecular formula is C29H45N7O5S. The fourth-order valence-corrected chi connectivity index (χ4v) is 6.04. The number of amides is 1. The van der Waals surface area contributed by atoms with E-state index in [9.17, 15) is 14.7 Å². The van der Waals surface area contributed by atoms with Crippen LogP contribution in [0.2, 0.25) is 0 Å². The Morgan fingerprint density at radius 3 is 2.76 bits per heavy atom. The number of thioether (sulfide) groups is 1. The maximum atomic E-state index is 12.9. The molecule has 13 heteroatoms. The maximum absolute atomic E-state index is 12.9. The molecule has 0 aliphatic carbocycles. The average Bonchev–Trinajstić information content (AvgIpc) is 3.00. The topological polar surface area (TPSA) is 160 Å². The molecule has 12 nitrogen and oxygen atoms in total. The molecule has 0 bridgehead atoms. The van der Waals surface area contributed by atoms with Crippen LogP contribution in [0.1, 0.15) is 48.7 Å². The number of benzene rings is 1. The number of hydrogen-bond acceptors (Lipinski definition) is 11. The number of piperazine rings is 1. The van der Waals surface area contributed by atoms with E-state index < -0.39 is 11.5 Å². The van der Waals surface area contributed by atoms with Crippen molar-refractivity contribution < 1.29 is 19.7 Å². The van der Waals surface area contributed by atoms with Gasteiger partial charge in [0.1, 0.15) is 5.69 Å². The average molecular weight is 604 g/mol. The lowest BCUT2D eigenvalue weighted by Gasteiger charge is -2.47. The van der Waals surface area contributed by atoms with Crippen LogP contribution in [0.5, 0.6) is 11.5 Å². The molecule has 1 unspecified atom stereocenters. The predicted molar refractivity (Wildman–Crippen MR) is 167 cm³/mol. The number of H-pyrrole nitrogens is 1. The minimum absolute atomic E-state index is 0.0128. The van der Waals surface area contributed by atoms with E-state index in [4.69, 9.17) is 15.6 Å². The smallest absolute Gasteiger partial charge is 0.291 e. The number of likely N-dealkylation sites (tertiary alicyclic amines) is 1. The van der Waals surface area contributed by atoms with Gasteiger partial charge in [-0.15, -0.1) is 0 Å². The van der Waals surface area contributed by atoms with E-state index >= 15 is 0 Å². The molecule has 2 aliphatic heterocycles. The van der Waals surface area contributed by atoms with Gasteiger partial charge in [-0.2, -0.15) is 11.8 Å². The number of hydrogen-bond donors (Lipinski definition) is 5. The Kier molecular flexibility index (Phi) is 11.8. The lowest BCUT2D eigenvalue weighted by molar-refractivity contribution is 0.0609. The first-order valence-corrected chi connectivity index (χ1v) is 16.2. The second-order valence-electron chi connectivity index (χ2n) is 10.9. The van der Waals surface area contributed by atoms with Crippen LogP contribution in [0.15, 0.2) is 23.0 Å². The van der Waals surface area contributed by atoms with Crippen molar-refractivity contribution >= 4 is 29.3 Å². The number of nitrogen functional groups attached to an aromatic ring is 1. The van der Waals surface area contributed by atoms with Crippen molar-refractivity contribution in [3.63, 3.8) is 0 Å². The molecule has 1 aromatic carbocycles. The number of carbonyl (C=O) groups excluding carboxylic acids is 1. The Morgan fingerprint density at radius 1 is 1.26 bits per heavy atom. The van der Waals surface area contributed by atoms with Gasteiger partial charge < -0.3 is 35.9 Å². The van der Waals surface area contributed by atoms with Gasteiger partial charge in [-0.05, 0) is 62.7 Å². The molecule has 1 aromatic heterocycles. The molecular weight excluding hydrogens is 558 g/mol. The van der Waals surface area contributed by atoms with Crippen LogP contribution in [0.4, 0.5) is 11.6 Å². The number of ether oxygens (including phenoxy) is 1. The highest BCUT2D eigenvalue weighted by Gasteiger charge is 2.34. The first-order valence-electron chi connectivity index (χ1n) is 14.8. The first-order chi connectivity index (χ1) is 20.3. The molecule has 232 valence electrons. The third-order valence-electron chi connectivity index (χ3n) is 8.07. The number of aliphatic hydroxyl groups excluding tert-OH is 1. The summed E-state index contributed by atoms with van der Waals surface area (Å²) in [5, 5.41) is 21.7. The molecule has 42 heavy (non-hydrogen) atoms. The number of nitrogens with one attached hydrogen (secondary N) is 2. The quantitative estimate of drug-likeness (QED) is 0.211. The number of aromatic amines is 1. The standard InChI is InChI=1S/C29H45N7O5S/c1-3-21-19-35(27-29(40)32-25(26(30)33-27)28(39)31-9-4-14-37)12-13-36(21)22-7-10-34(11-8-22)18-20-5-6-23(38)24(17-20)41-15-16-42-2/h5-6,17,21-22,37-38H,3-4,7-16,18-19H2,1-2H3,(H2,30,33)(H,31,39)(H,32,40). The molecule has 0 saturated carbocycles. The van der Waals surface area contributed by atoms with E-state index in [-0.39, 0.29) is 42.3 Å². The SMILES string of the molecule is CCC1CN(c2nc(N)c(C(=O)NCCCO)[nH]c2=O)CCN1C1CCN(Cc2ccc(O)c(OCCSC)c2)CC1. The highest BCUT2D eigenvalue weighted by Crippen LogP contribution is 2.29. The summed E-state index contributed by atoms with van der Waals surface area (Å²) in [6, 6.07) is 6.38. The highest BCUT2D eigenvalue weighted by atomic mass is 32.2. The van der Waals surface area contributed by atoms with Crippen molar-refractivity contribution in [1.82, 2.24) is 25.1 Å². The number of aromatic nitrogens is 2. The monoisotopic (exact) mass is 603 g/mol. The zero-order valence-electron chi connectivity index (χ0n) is 24.7. The minimum Gasteiger partial charge on any atom is -0.504 e. The van der Waals surface area contributed by atoms with Gasteiger partial charge >= 0.3 is 0 Å². The number of aliphatic hydroxyl groups is 1. The predicted octanol–water partition coefficient (Wildman–Crippen LogP) is 1.48. The molecule has 1 amide bonds. The number of anilines is 2. The Balaban J connectivity index is 1.32. The lowest BCUT2D eigenvalue weighted by atomic mass is 9.98. The maximum Gasteiger partial charge on any atom is 0.291 e. The number of carbonyl (C=O) groups is 1. The number of aromatic hydroxyl groups is 1. The molecule has 3 heterocycles. The molecule has 6 N–H and O–H groups in total. The number of phenolic OH excluding ortho intramolecular Hbond substituents is 1. The van der Waals surface area contributed by atoms with Crippen molar-refractivity contribution in [3.05, 3.63) is 39.8 Å². The van der Waals surface area contributed by atoms with Crippen molar-refractivity contribution in [1.29, 1.82) is 0 Å². The van der Waals surface area contributed by atoms with Gasteiger partial charge in [0, 0.05) is 57.2 Å². The number of piperidine rings is 1. The summed E-state index contributed by atoms with van der Waals surface area (Å²) in [6.07, 6.45) is 5.53. The fraction of sp³-hybridized carbons (Fsp3) is 0.621. The summed E-state index contributed by atoms with van der Waals surface area (Å²) in [4.78, 5) is 39.3. The zero-order chi connectivity index (χ0) is 30.1. The molecule has 0 spiro atoms. The Labute approximate surface area is 251 Å². The normalized spacial score (nSPS) is 18.7. The van der Waals surface area contributed by atoms with E-state index in [0.717, 1.165) is 56.8 Å². The largest absolute Gasteiger partial charge is 0.504 e. The highest BCUT2D eigenvalue weighted by molar-refractivity contribution is 7.98. The van der Waals surface area contributed by atoms with Crippen molar-refractivity contribution in [2.45, 2.75) is 51.2 Å². The van der Waals surface area contributed by atoms with Gasteiger partial charge in [-0.1, -0.05) is 13.0 Å². The molecule has 2 saturated heterocycles. The second kappa shape index (κ2) is 15.5. The number of phenols is 1. The summed E-state index contributed by atoms with van der Waals surface area (Å²) in [6.45, 7) is 7.93. The third kappa shape index (κ3) is 8.09. The van der Waals surface area contributed by atoms with Gasteiger partial charge in [0.05, 0.1) is 6.61 Å². The van der Waals surface area contributed by atoms with Gasteiger partial charge in [-0.25, -0.2) is 4.98 Å². The van der Waals surface area contributed by atoms with Crippen molar-refractivity contribution in [3.8, 4) is 11.5 Å². The lowest BCUT2D eigenvalue weighted by Crippen LogP contribution is -2.59. The molecule has 2 aromatic rings. The van der Waals surface area contributed by atoms with Crippen LogP contribution in [-0.4, -0.2) is 112 Å². The second-order valence-corrected chi connectivity index (χ2v) is 11.9. The molecule has 2 aliphatic rings. The third-order valence-corrected chi connectivity index (χ3v) is 8.65. The van der Waals surface area contributed by atoms with Crippen LogP contribution in [0.3, 0.4) is 0 Å². The number of nitrogens with zero attached hydrogens (tertiary/aromatic N) is 4. The van der Waals surface area contributed by atoms with E-state index in [1.165, 1.54) is 0 Å². The fourth-order valence-electron chi connectivity index (χ4n) is 5.79. The number of rotatable bonds is 13. The van der Waals surface area contributed by atoms with E-state index in [2.05, 4.69) is 32.0 Å². The molecule has 1 atom stereocenters. The van der Waals surface area contributed by atoms with Gasteiger partial charge in [0.15, 0.2) is 23.1 Å². The van der Waals surface area contributed by atoms with Crippen molar-refractivity contribution in [2.75, 3.05) is 75.1 Å². The summed E-state index contributed by atoms with van der Waals surface area (Å²) in [5.74, 6) is 1.33. The van der Waals surface area contributed by atoms with Crippen LogP contribution >= 0.6 is 11.8 Å². The number of nitrogens with two attached hydrogens (primary N) is 1. The van der Waals surface area contributed by atoms with Gasteiger partial charge in [0.2, 0.25) is 0 Å². The van der Waals surface area contributed by atoms with Crippen molar-refractivity contribution in [2.24, 2.45) is 0 Å². The molecule has 0 radical (unpaired) electrons.